The first-order chi connectivity index (χ1) is 10.1. The van der Waals surface area contributed by atoms with Crippen LogP contribution < -0.4 is 5.32 Å². The molecule has 0 amide bonds. The van der Waals surface area contributed by atoms with Crippen molar-refractivity contribution in [2.75, 3.05) is 19.0 Å². The van der Waals surface area contributed by atoms with Gasteiger partial charge in [0.2, 0.25) is 0 Å². The summed E-state index contributed by atoms with van der Waals surface area (Å²) in [5.74, 6) is -0.287. The highest BCUT2D eigenvalue weighted by Crippen LogP contribution is 2.21. The normalized spacial score (nSPS) is 12.2. The van der Waals surface area contributed by atoms with E-state index in [9.17, 15) is 9.50 Å². The first-order valence-electron chi connectivity index (χ1n) is 6.84. The Balaban J connectivity index is 2.15. The van der Waals surface area contributed by atoms with Gasteiger partial charge in [0.1, 0.15) is 5.82 Å². The smallest absolute Gasteiger partial charge is 0.125 e. The van der Waals surface area contributed by atoms with E-state index in [4.69, 9.17) is 4.74 Å². The summed E-state index contributed by atoms with van der Waals surface area (Å²) in [5.41, 5.74) is 3.51. The Bertz CT molecular complexity index is 564. The van der Waals surface area contributed by atoms with Crippen LogP contribution in [-0.2, 0) is 11.3 Å². The minimum Gasteiger partial charge on any atom is -0.394 e. The van der Waals surface area contributed by atoms with Crippen molar-refractivity contribution < 1.29 is 14.2 Å². The van der Waals surface area contributed by atoms with Crippen LogP contribution in [0.3, 0.4) is 0 Å². The van der Waals surface area contributed by atoms with Gasteiger partial charge in [0.15, 0.2) is 0 Å². The number of aliphatic hydroxyl groups is 1. The van der Waals surface area contributed by atoms with Crippen LogP contribution in [0.4, 0.5) is 10.1 Å². The van der Waals surface area contributed by atoms with E-state index < -0.39 is 0 Å². The maximum absolute atomic E-state index is 13.4. The number of aryl methyl sites for hydroxylation is 1. The van der Waals surface area contributed by atoms with Crippen LogP contribution >= 0.6 is 0 Å². The average Bonchev–Trinajstić information content (AvgIpc) is 2.45. The number of aliphatic hydroxyl groups excluding tert-OH is 1. The number of halogens is 1. The van der Waals surface area contributed by atoms with E-state index in [-0.39, 0.29) is 18.5 Å². The molecule has 0 heterocycles. The lowest BCUT2D eigenvalue weighted by molar-refractivity contribution is 0.185. The maximum atomic E-state index is 13.4. The highest BCUT2D eigenvalue weighted by atomic mass is 19.1. The lowest BCUT2D eigenvalue weighted by atomic mass is 10.0. The summed E-state index contributed by atoms with van der Waals surface area (Å²) in [6, 6.07) is 12.3. The fraction of sp³-hybridized carbons (Fsp3) is 0.294. The van der Waals surface area contributed by atoms with Crippen LogP contribution in [0, 0.1) is 12.7 Å². The van der Waals surface area contributed by atoms with E-state index in [1.165, 1.54) is 12.1 Å². The zero-order valence-electron chi connectivity index (χ0n) is 12.3. The summed E-state index contributed by atoms with van der Waals surface area (Å²) in [4.78, 5) is 0. The van der Waals surface area contributed by atoms with Crippen molar-refractivity contribution in [3.63, 3.8) is 0 Å². The molecule has 2 rings (SSSR count). The zero-order chi connectivity index (χ0) is 15.2. The monoisotopic (exact) mass is 289 g/mol. The minimum atomic E-state index is -0.287. The SMILES string of the molecule is COCc1ccc(C(CO)Nc2cc(C)cc(F)c2)cc1. The Kier molecular flexibility index (Phi) is 5.31. The van der Waals surface area contributed by atoms with Crippen molar-refractivity contribution in [1.29, 1.82) is 0 Å². The van der Waals surface area contributed by atoms with Crippen LogP contribution in [0.15, 0.2) is 42.5 Å². The second kappa shape index (κ2) is 7.20. The van der Waals surface area contributed by atoms with E-state index in [0.717, 1.165) is 16.7 Å². The number of methoxy groups -OCH3 is 1. The molecule has 2 aromatic carbocycles. The van der Waals surface area contributed by atoms with Crippen LogP contribution in [0.5, 0.6) is 0 Å². The van der Waals surface area contributed by atoms with E-state index in [2.05, 4.69) is 5.32 Å². The zero-order valence-corrected chi connectivity index (χ0v) is 12.3. The Morgan fingerprint density at radius 3 is 2.48 bits per heavy atom. The third-order valence-corrected chi connectivity index (χ3v) is 3.26. The van der Waals surface area contributed by atoms with Crippen LogP contribution in [-0.4, -0.2) is 18.8 Å². The van der Waals surface area contributed by atoms with Crippen LogP contribution in [0.25, 0.3) is 0 Å². The molecule has 0 aromatic heterocycles. The molecule has 0 aliphatic heterocycles. The lowest BCUT2D eigenvalue weighted by Gasteiger charge is -2.19. The van der Waals surface area contributed by atoms with E-state index in [1.807, 2.05) is 37.3 Å². The Morgan fingerprint density at radius 2 is 1.90 bits per heavy atom. The van der Waals surface area contributed by atoms with Gasteiger partial charge in [0.25, 0.3) is 0 Å². The molecule has 0 saturated carbocycles. The summed E-state index contributed by atoms with van der Waals surface area (Å²) in [5, 5.41) is 12.7. The van der Waals surface area contributed by atoms with Crippen molar-refractivity contribution in [2.24, 2.45) is 0 Å². The van der Waals surface area contributed by atoms with E-state index in [0.29, 0.717) is 12.3 Å². The summed E-state index contributed by atoms with van der Waals surface area (Å²) in [6.07, 6.45) is 0. The van der Waals surface area contributed by atoms with Gasteiger partial charge in [-0.15, -0.1) is 0 Å². The van der Waals surface area contributed by atoms with E-state index in [1.54, 1.807) is 7.11 Å². The standard InChI is InChI=1S/C17H20FNO2/c1-12-7-15(18)9-16(8-12)19-17(10-20)14-5-3-13(4-6-14)11-21-2/h3-9,17,19-20H,10-11H2,1-2H3. The van der Waals surface area contributed by atoms with Gasteiger partial charge in [0.05, 0.1) is 19.3 Å². The molecule has 0 fully saturated rings. The highest BCUT2D eigenvalue weighted by Gasteiger charge is 2.11. The third-order valence-electron chi connectivity index (χ3n) is 3.26. The molecule has 0 spiro atoms. The molecule has 0 aliphatic rings. The predicted octanol–water partition coefficient (Wildman–Crippen LogP) is 3.43. The molecular weight excluding hydrogens is 269 g/mol. The summed E-state index contributed by atoms with van der Waals surface area (Å²) < 4.78 is 18.5. The number of hydrogen-bond donors (Lipinski definition) is 2. The Hall–Kier alpha value is -1.91. The van der Waals surface area contributed by atoms with Gasteiger partial charge < -0.3 is 15.2 Å². The fourth-order valence-corrected chi connectivity index (χ4v) is 2.27. The van der Waals surface area contributed by atoms with Gasteiger partial charge in [-0.05, 0) is 41.8 Å². The molecule has 21 heavy (non-hydrogen) atoms. The minimum absolute atomic E-state index is 0.0703. The summed E-state index contributed by atoms with van der Waals surface area (Å²) in [6.45, 7) is 2.32. The van der Waals surface area contributed by atoms with Gasteiger partial charge >= 0.3 is 0 Å². The molecule has 1 atom stereocenters. The molecule has 0 bridgehead atoms. The van der Waals surface area contributed by atoms with Crippen molar-refractivity contribution in [2.45, 2.75) is 19.6 Å². The third kappa shape index (κ3) is 4.28. The molecule has 0 aliphatic carbocycles. The van der Waals surface area contributed by atoms with Gasteiger partial charge in [-0.25, -0.2) is 4.39 Å². The second-order valence-corrected chi connectivity index (χ2v) is 5.07. The largest absolute Gasteiger partial charge is 0.394 e. The molecule has 112 valence electrons. The number of anilines is 1. The van der Waals surface area contributed by atoms with Crippen molar-refractivity contribution in [3.05, 3.63) is 65.0 Å². The number of rotatable bonds is 6. The van der Waals surface area contributed by atoms with Gasteiger partial charge in [-0.1, -0.05) is 24.3 Å². The fourth-order valence-electron chi connectivity index (χ4n) is 2.27. The van der Waals surface area contributed by atoms with E-state index >= 15 is 0 Å². The summed E-state index contributed by atoms with van der Waals surface area (Å²) >= 11 is 0. The van der Waals surface area contributed by atoms with Gasteiger partial charge in [-0.2, -0.15) is 0 Å². The predicted molar refractivity (Wildman–Crippen MR) is 81.7 cm³/mol. The van der Waals surface area contributed by atoms with Crippen LogP contribution in [0.1, 0.15) is 22.7 Å². The van der Waals surface area contributed by atoms with Crippen molar-refractivity contribution >= 4 is 5.69 Å². The first-order valence-corrected chi connectivity index (χ1v) is 6.84. The number of nitrogens with one attached hydrogen (secondary N) is 1. The number of hydrogen-bond acceptors (Lipinski definition) is 3. The van der Waals surface area contributed by atoms with Crippen molar-refractivity contribution in [1.82, 2.24) is 0 Å². The molecule has 3 nitrogen and oxygen atoms in total. The summed E-state index contributed by atoms with van der Waals surface area (Å²) in [7, 11) is 1.65. The molecular formula is C17H20FNO2. The molecule has 0 saturated heterocycles. The van der Waals surface area contributed by atoms with Gasteiger partial charge in [0, 0.05) is 12.8 Å². The number of ether oxygens (including phenoxy) is 1. The average molecular weight is 289 g/mol. The van der Waals surface area contributed by atoms with Gasteiger partial charge in [-0.3, -0.25) is 0 Å². The molecule has 2 N–H and O–H groups in total. The quantitative estimate of drug-likeness (QED) is 0.856. The Morgan fingerprint density at radius 1 is 1.19 bits per heavy atom. The Labute approximate surface area is 124 Å². The molecule has 4 heteroatoms. The topological polar surface area (TPSA) is 41.5 Å². The molecule has 0 radical (unpaired) electrons. The molecule has 2 aromatic rings. The molecule has 1 unspecified atom stereocenters. The first kappa shape index (κ1) is 15.5. The highest BCUT2D eigenvalue weighted by molar-refractivity contribution is 5.48. The lowest BCUT2D eigenvalue weighted by Crippen LogP contribution is -2.15. The second-order valence-electron chi connectivity index (χ2n) is 5.07. The maximum Gasteiger partial charge on any atom is 0.125 e. The van der Waals surface area contributed by atoms with Crippen molar-refractivity contribution in [3.8, 4) is 0 Å². The number of benzene rings is 2. The van der Waals surface area contributed by atoms with Crippen LogP contribution in [0.2, 0.25) is 0 Å².